The van der Waals surface area contributed by atoms with Crippen LogP contribution in [-0.2, 0) is 0 Å². The molecule has 0 aliphatic carbocycles. The van der Waals surface area contributed by atoms with Gasteiger partial charge < -0.3 is 4.74 Å². The molecular weight excluding hydrogens is 338 g/mol. The zero-order valence-electron chi connectivity index (χ0n) is 11.4. The number of nitro groups is 1. The number of aldehydes is 1. The zero-order valence-corrected chi connectivity index (χ0v) is 13.0. The van der Waals surface area contributed by atoms with E-state index >= 15 is 0 Å². The highest BCUT2D eigenvalue weighted by Crippen LogP contribution is 2.38. The minimum Gasteiger partial charge on any atom is -0.450 e. The first-order valence-corrected chi connectivity index (χ1v) is 6.90. The third kappa shape index (κ3) is 3.28. The molecule has 6 heteroatoms. The summed E-state index contributed by atoms with van der Waals surface area (Å²) in [6.45, 7) is 3.54. The van der Waals surface area contributed by atoms with Crippen molar-refractivity contribution in [1.82, 2.24) is 0 Å². The normalized spacial score (nSPS) is 10.2. The molecule has 0 atom stereocenters. The van der Waals surface area contributed by atoms with Crippen molar-refractivity contribution in [3.05, 3.63) is 61.6 Å². The van der Waals surface area contributed by atoms with Crippen LogP contribution in [0.3, 0.4) is 0 Å². The molecule has 0 saturated heterocycles. The number of hydrogen-bond donors (Lipinski definition) is 0. The third-order valence-corrected chi connectivity index (χ3v) is 3.43. The molecule has 108 valence electrons. The van der Waals surface area contributed by atoms with Crippen molar-refractivity contribution < 1.29 is 14.5 Å². The maximum Gasteiger partial charge on any atom is 0.312 e. The summed E-state index contributed by atoms with van der Waals surface area (Å²) in [7, 11) is 0. The van der Waals surface area contributed by atoms with Gasteiger partial charge in [-0.05, 0) is 37.1 Å². The summed E-state index contributed by atoms with van der Waals surface area (Å²) in [6, 6.07) is 8.09. The van der Waals surface area contributed by atoms with Crippen molar-refractivity contribution in [2.75, 3.05) is 0 Å². The van der Waals surface area contributed by atoms with E-state index in [2.05, 4.69) is 15.9 Å². The van der Waals surface area contributed by atoms with Crippen LogP contribution in [0.25, 0.3) is 0 Å². The lowest BCUT2D eigenvalue weighted by molar-refractivity contribution is -0.385. The van der Waals surface area contributed by atoms with Crippen molar-refractivity contribution in [3.63, 3.8) is 0 Å². The molecule has 2 aromatic rings. The molecule has 0 spiro atoms. The van der Waals surface area contributed by atoms with Crippen LogP contribution in [0.15, 0.2) is 34.8 Å². The van der Waals surface area contributed by atoms with Crippen LogP contribution in [0, 0.1) is 24.0 Å². The minimum atomic E-state index is -0.494. The van der Waals surface area contributed by atoms with Crippen molar-refractivity contribution in [2.45, 2.75) is 13.8 Å². The van der Waals surface area contributed by atoms with Gasteiger partial charge in [0.1, 0.15) is 12.0 Å². The molecule has 5 nitrogen and oxygen atoms in total. The van der Waals surface area contributed by atoms with E-state index in [1.165, 1.54) is 6.07 Å². The number of carbonyl (C=O) groups excluding carboxylic acids is 1. The molecule has 0 unspecified atom stereocenters. The lowest BCUT2D eigenvalue weighted by atomic mass is 10.1. The van der Waals surface area contributed by atoms with Gasteiger partial charge in [-0.25, -0.2) is 0 Å². The van der Waals surface area contributed by atoms with Gasteiger partial charge in [0.25, 0.3) is 0 Å². The highest BCUT2D eigenvalue weighted by Gasteiger charge is 2.20. The summed E-state index contributed by atoms with van der Waals surface area (Å²) >= 11 is 3.23. The van der Waals surface area contributed by atoms with Crippen molar-refractivity contribution in [2.24, 2.45) is 0 Å². The zero-order chi connectivity index (χ0) is 15.6. The van der Waals surface area contributed by atoms with E-state index < -0.39 is 4.92 Å². The van der Waals surface area contributed by atoms with Gasteiger partial charge in [0.15, 0.2) is 0 Å². The summed E-state index contributed by atoms with van der Waals surface area (Å²) in [4.78, 5) is 21.5. The molecule has 21 heavy (non-hydrogen) atoms. The predicted molar refractivity (Wildman–Crippen MR) is 82.2 cm³/mol. The fraction of sp³-hybridized carbons (Fsp3) is 0.133. The van der Waals surface area contributed by atoms with Crippen LogP contribution in [0.2, 0.25) is 0 Å². The van der Waals surface area contributed by atoms with E-state index in [9.17, 15) is 14.9 Å². The summed E-state index contributed by atoms with van der Waals surface area (Å²) in [5, 5.41) is 11.2. The van der Waals surface area contributed by atoms with Gasteiger partial charge in [-0.15, -0.1) is 0 Å². The van der Waals surface area contributed by atoms with Gasteiger partial charge in [0.2, 0.25) is 5.75 Å². The standard InChI is InChI=1S/C15H12BrNO4/c1-9-3-4-11(8-18)6-14(9)21-15-10(2)5-12(16)7-13(15)17(19)20/h3-8H,1-2H3. The summed E-state index contributed by atoms with van der Waals surface area (Å²) in [5.74, 6) is 0.600. The van der Waals surface area contributed by atoms with Crippen LogP contribution in [0.1, 0.15) is 21.5 Å². The van der Waals surface area contributed by atoms with Crippen molar-refractivity contribution >= 4 is 27.9 Å². The second kappa shape index (κ2) is 6.05. The van der Waals surface area contributed by atoms with Gasteiger partial charge >= 0.3 is 5.69 Å². The number of rotatable bonds is 4. The van der Waals surface area contributed by atoms with Gasteiger partial charge in [-0.2, -0.15) is 0 Å². The topological polar surface area (TPSA) is 69.4 Å². The average molecular weight is 350 g/mol. The molecule has 0 heterocycles. The molecule has 0 aliphatic heterocycles. The second-order valence-electron chi connectivity index (χ2n) is 4.57. The van der Waals surface area contributed by atoms with Gasteiger partial charge in [-0.1, -0.05) is 28.1 Å². The number of hydrogen-bond acceptors (Lipinski definition) is 4. The summed E-state index contributed by atoms with van der Waals surface area (Å²) in [5.41, 5.74) is 1.75. The van der Waals surface area contributed by atoms with Crippen LogP contribution in [0.4, 0.5) is 5.69 Å². The minimum absolute atomic E-state index is 0.127. The highest BCUT2D eigenvalue weighted by molar-refractivity contribution is 9.10. The molecule has 0 aromatic heterocycles. The Bertz CT molecular complexity index is 728. The number of aryl methyl sites for hydroxylation is 2. The Hall–Kier alpha value is -2.21. The maximum absolute atomic E-state index is 11.2. The molecule has 0 fully saturated rings. The van der Waals surface area contributed by atoms with Crippen molar-refractivity contribution in [1.29, 1.82) is 0 Å². The number of nitrogens with zero attached hydrogens (tertiary/aromatic N) is 1. The first-order valence-electron chi connectivity index (χ1n) is 6.10. The van der Waals surface area contributed by atoms with Crippen LogP contribution < -0.4 is 4.74 Å². The number of halogens is 1. The van der Waals surface area contributed by atoms with E-state index in [0.29, 0.717) is 27.6 Å². The lowest BCUT2D eigenvalue weighted by Gasteiger charge is -2.12. The molecule has 0 aliphatic rings. The maximum atomic E-state index is 11.2. The van der Waals surface area contributed by atoms with Gasteiger partial charge in [-0.3, -0.25) is 14.9 Å². The summed E-state index contributed by atoms with van der Waals surface area (Å²) in [6.07, 6.45) is 0.704. The van der Waals surface area contributed by atoms with Crippen LogP contribution >= 0.6 is 15.9 Å². The molecule has 0 saturated carbocycles. The Morgan fingerprint density at radius 1 is 1.19 bits per heavy atom. The van der Waals surface area contributed by atoms with Gasteiger partial charge in [0.05, 0.1) is 4.92 Å². The number of nitro benzene ring substituents is 1. The molecule has 2 aromatic carbocycles. The molecule has 2 rings (SSSR count). The van der Waals surface area contributed by atoms with E-state index in [1.54, 1.807) is 31.2 Å². The third-order valence-electron chi connectivity index (χ3n) is 2.98. The Balaban J connectivity index is 2.53. The van der Waals surface area contributed by atoms with E-state index in [0.717, 1.165) is 5.56 Å². The Kier molecular flexibility index (Phi) is 4.37. The summed E-state index contributed by atoms with van der Waals surface area (Å²) < 4.78 is 6.32. The van der Waals surface area contributed by atoms with Gasteiger partial charge in [0, 0.05) is 16.1 Å². The fourth-order valence-corrected chi connectivity index (χ4v) is 2.45. The van der Waals surface area contributed by atoms with Crippen molar-refractivity contribution in [3.8, 4) is 11.5 Å². The smallest absolute Gasteiger partial charge is 0.312 e. The molecule has 0 bridgehead atoms. The number of carbonyl (C=O) groups is 1. The van der Waals surface area contributed by atoms with E-state index in [1.807, 2.05) is 6.92 Å². The number of benzene rings is 2. The second-order valence-corrected chi connectivity index (χ2v) is 5.49. The first kappa shape index (κ1) is 15.2. The average Bonchev–Trinajstić information content (AvgIpc) is 2.43. The largest absolute Gasteiger partial charge is 0.450 e. The number of ether oxygens (including phenoxy) is 1. The predicted octanol–water partition coefficient (Wildman–Crippen LogP) is 4.58. The Morgan fingerprint density at radius 2 is 1.90 bits per heavy atom. The lowest BCUT2D eigenvalue weighted by Crippen LogP contribution is -1.97. The van der Waals surface area contributed by atoms with Crippen LogP contribution in [-0.4, -0.2) is 11.2 Å². The van der Waals surface area contributed by atoms with E-state index in [-0.39, 0.29) is 11.4 Å². The first-order chi connectivity index (χ1) is 9.92. The fourth-order valence-electron chi connectivity index (χ4n) is 1.89. The molecule has 0 N–H and O–H groups in total. The Morgan fingerprint density at radius 3 is 2.52 bits per heavy atom. The molecular formula is C15H12BrNO4. The highest BCUT2D eigenvalue weighted by atomic mass is 79.9. The molecule has 0 amide bonds. The molecule has 0 radical (unpaired) electrons. The monoisotopic (exact) mass is 349 g/mol. The Labute approximate surface area is 129 Å². The van der Waals surface area contributed by atoms with Crippen LogP contribution in [0.5, 0.6) is 11.5 Å². The quantitative estimate of drug-likeness (QED) is 0.460. The van der Waals surface area contributed by atoms with E-state index in [4.69, 9.17) is 4.74 Å². The SMILES string of the molecule is Cc1ccc(C=O)cc1Oc1c(C)cc(Br)cc1[N+](=O)[O-].